The van der Waals surface area contributed by atoms with Gasteiger partial charge in [-0.2, -0.15) is 13.2 Å². The number of hydrogen-bond acceptors (Lipinski definition) is 3. The van der Waals surface area contributed by atoms with Crippen molar-refractivity contribution in [3.63, 3.8) is 0 Å². The number of hydrogen-bond donors (Lipinski definition) is 0. The third-order valence-electron chi connectivity index (χ3n) is 5.07. The number of benzene rings is 1. The number of fused-ring (bicyclic) bond motifs is 1. The van der Waals surface area contributed by atoms with Gasteiger partial charge in [-0.1, -0.05) is 6.07 Å². The molecule has 10 heteroatoms. The molecular weight excluding hydrogens is 427 g/mol. The van der Waals surface area contributed by atoms with Crippen LogP contribution >= 0.6 is 11.3 Å². The van der Waals surface area contributed by atoms with Gasteiger partial charge < -0.3 is 9.47 Å². The van der Waals surface area contributed by atoms with E-state index in [4.69, 9.17) is 0 Å². The molecular formula is C20H15F5N2O2S. The first-order valence-electron chi connectivity index (χ1n) is 9.05. The van der Waals surface area contributed by atoms with E-state index in [9.17, 15) is 31.5 Å². The Labute approximate surface area is 171 Å². The van der Waals surface area contributed by atoms with Crippen LogP contribution in [-0.4, -0.2) is 34.6 Å². The molecule has 1 aliphatic heterocycles. The van der Waals surface area contributed by atoms with Crippen molar-refractivity contribution in [2.45, 2.75) is 25.3 Å². The van der Waals surface area contributed by atoms with Gasteiger partial charge in [-0.15, -0.1) is 11.3 Å². The molecule has 0 aliphatic carbocycles. The molecule has 4 nitrogen and oxygen atoms in total. The highest BCUT2D eigenvalue weighted by atomic mass is 32.1. The summed E-state index contributed by atoms with van der Waals surface area (Å²) in [6.07, 6.45) is -4.28. The van der Waals surface area contributed by atoms with Crippen molar-refractivity contribution in [1.82, 2.24) is 9.47 Å². The summed E-state index contributed by atoms with van der Waals surface area (Å²) in [7, 11) is 0. The van der Waals surface area contributed by atoms with E-state index in [1.165, 1.54) is 22.5 Å². The first-order valence-corrected chi connectivity index (χ1v) is 9.92. The predicted octanol–water partition coefficient (Wildman–Crippen LogP) is 4.46. The van der Waals surface area contributed by atoms with Gasteiger partial charge in [0.1, 0.15) is 18.5 Å². The van der Waals surface area contributed by atoms with E-state index in [2.05, 4.69) is 0 Å². The van der Waals surface area contributed by atoms with Crippen LogP contribution in [0.3, 0.4) is 0 Å². The van der Waals surface area contributed by atoms with E-state index in [-0.39, 0.29) is 42.6 Å². The average molecular weight is 442 g/mol. The van der Waals surface area contributed by atoms with Crippen molar-refractivity contribution in [2.75, 3.05) is 13.1 Å². The highest BCUT2D eigenvalue weighted by molar-refractivity contribution is 7.17. The number of halogens is 5. The monoisotopic (exact) mass is 442 g/mol. The summed E-state index contributed by atoms with van der Waals surface area (Å²) in [5.74, 6) is -1.81. The van der Waals surface area contributed by atoms with Crippen LogP contribution in [0.2, 0.25) is 0 Å². The second kappa shape index (κ2) is 7.50. The summed E-state index contributed by atoms with van der Waals surface area (Å²) < 4.78 is 67.9. The van der Waals surface area contributed by atoms with Crippen LogP contribution in [0.1, 0.15) is 12.0 Å². The Balaban J connectivity index is 1.74. The van der Waals surface area contributed by atoms with E-state index < -0.39 is 35.2 Å². The van der Waals surface area contributed by atoms with Crippen molar-refractivity contribution in [2.24, 2.45) is 0 Å². The summed E-state index contributed by atoms with van der Waals surface area (Å²) in [6.45, 7) is -0.0418. The van der Waals surface area contributed by atoms with E-state index in [0.717, 1.165) is 15.9 Å². The lowest BCUT2D eigenvalue weighted by Crippen LogP contribution is -2.35. The van der Waals surface area contributed by atoms with Crippen molar-refractivity contribution in [1.29, 1.82) is 0 Å². The second-order valence-corrected chi connectivity index (χ2v) is 7.97. The second-order valence-electron chi connectivity index (χ2n) is 7.06. The van der Waals surface area contributed by atoms with Gasteiger partial charge in [0.25, 0.3) is 5.56 Å². The Morgan fingerprint density at radius 1 is 1.23 bits per heavy atom. The minimum atomic E-state index is -4.87. The third kappa shape index (κ3) is 3.71. The Morgan fingerprint density at radius 2 is 2.00 bits per heavy atom. The maximum Gasteiger partial charge on any atom is 0.419 e. The van der Waals surface area contributed by atoms with Crippen LogP contribution in [0.4, 0.5) is 22.0 Å². The summed E-state index contributed by atoms with van der Waals surface area (Å²) >= 11 is 1.16. The average Bonchev–Trinajstić information content (AvgIpc) is 3.30. The number of aromatic nitrogens is 1. The van der Waals surface area contributed by atoms with E-state index in [1.807, 2.05) is 0 Å². The zero-order valence-electron chi connectivity index (χ0n) is 15.4. The Bertz CT molecular complexity index is 1180. The zero-order chi connectivity index (χ0) is 21.6. The lowest BCUT2D eigenvalue weighted by Gasteiger charge is -2.16. The first-order chi connectivity index (χ1) is 14.1. The standard InChI is InChI=1S/C20H15F5N2O2S/c21-12-3-5-26(8-12)17(28)9-27-6-4-16-18(19(27)29)13(10-30-16)11-1-2-15(22)14(7-11)20(23,24)25/h1-2,4,6-7,10,12H,3,5,8-9H2/t12-/m0/s1. The van der Waals surface area contributed by atoms with Crippen LogP contribution in [0, 0.1) is 5.82 Å². The van der Waals surface area contributed by atoms with Gasteiger partial charge in [0.05, 0.1) is 17.5 Å². The lowest BCUT2D eigenvalue weighted by molar-refractivity contribution is -0.140. The Kier molecular flexibility index (Phi) is 5.13. The molecule has 0 N–H and O–H groups in total. The van der Waals surface area contributed by atoms with Crippen molar-refractivity contribution < 1.29 is 26.7 Å². The minimum absolute atomic E-state index is 0.0185. The van der Waals surface area contributed by atoms with E-state index in [1.54, 1.807) is 6.07 Å². The van der Waals surface area contributed by atoms with Gasteiger partial charge in [-0.05, 0) is 30.2 Å². The first kappa shape index (κ1) is 20.5. The molecule has 1 amide bonds. The SMILES string of the molecule is O=C(Cn1ccc2scc(-c3ccc(F)c(C(F)(F)F)c3)c2c1=O)N1CC[C@H](F)C1. The minimum Gasteiger partial charge on any atom is -0.338 e. The fourth-order valence-corrected chi connectivity index (χ4v) is 4.48. The molecule has 2 aromatic heterocycles. The van der Waals surface area contributed by atoms with Crippen LogP contribution in [0.15, 0.2) is 40.6 Å². The number of thiophene rings is 1. The number of carbonyl (C=O) groups is 1. The number of alkyl halides is 4. The molecule has 158 valence electrons. The van der Waals surface area contributed by atoms with Gasteiger partial charge in [0, 0.05) is 28.4 Å². The van der Waals surface area contributed by atoms with Crippen LogP contribution in [0.5, 0.6) is 0 Å². The summed E-state index contributed by atoms with van der Waals surface area (Å²) in [6, 6.07) is 4.16. The fraction of sp³-hybridized carbons (Fsp3) is 0.300. The summed E-state index contributed by atoms with van der Waals surface area (Å²) in [5, 5.41) is 1.68. The van der Waals surface area contributed by atoms with Crippen LogP contribution in [0.25, 0.3) is 21.2 Å². The molecule has 4 rings (SSSR count). The normalized spacial score (nSPS) is 17.1. The molecule has 1 atom stereocenters. The van der Waals surface area contributed by atoms with Crippen molar-refractivity contribution in [3.8, 4) is 11.1 Å². The van der Waals surface area contributed by atoms with Crippen LogP contribution < -0.4 is 5.56 Å². The number of likely N-dealkylation sites (tertiary alicyclic amines) is 1. The molecule has 0 saturated carbocycles. The Hall–Kier alpha value is -2.75. The number of nitrogens with zero attached hydrogens (tertiary/aromatic N) is 2. The number of carbonyl (C=O) groups excluding carboxylic acids is 1. The smallest absolute Gasteiger partial charge is 0.338 e. The van der Waals surface area contributed by atoms with E-state index >= 15 is 0 Å². The summed E-state index contributed by atoms with van der Waals surface area (Å²) in [5.41, 5.74) is -1.68. The molecule has 0 unspecified atom stereocenters. The van der Waals surface area contributed by atoms with Gasteiger partial charge in [0.15, 0.2) is 0 Å². The quantitative estimate of drug-likeness (QED) is 0.563. The van der Waals surface area contributed by atoms with Gasteiger partial charge >= 0.3 is 6.18 Å². The molecule has 3 heterocycles. The fourth-order valence-electron chi connectivity index (χ4n) is 3.52. The molecule has 1 saturated heterocycles. The number of rotatable bonds is 3. The molecule has 0 radical (unpaired) electrons. The molecule has 0 spiro atoms. The highest BCUT2D eigenvalue weighted by Crippen LogP contribution is 2.37. The lowest BCUT2D eigenvalue weighted by atomic mass is 10.0. The Morgan fingerprint density at radius 3 is 2.67 bits per heavy atom. The third-order valence-corrected chi connectivity index (χ3v) is 6.02. The number of amides is 1. The van der Waals surface area contributed by atoms with Crippen LogP contribution in [-0.2, 0) is 17.5 Å². The molecule has 30 heavy (non-hydrogen) atoms. The topological polar surface area (TPSA) is 42.3 Å². The molecule has 1 aliphatic rings. The van der Waals surface area contributed by atoms with Gasteiger partial charge in [-0.3, -0.25) is 9.59 Å². The molecule has 1 aromatic carbocycles. The van der Waals surface area contributed by atoms with Gasteiger partial charge in [-0.25, -0.2) is 8.78 Å². The number of pyridine rings is 1. The van der Waals surface area contributed by atoms with Crippen molar-refractivity contribution >= 4 is 27.3 Å². The maximum atomic E-state index is 13.6. The molecule has 3 aromatic rings. The maximum absolute atomic E-state index is 13.6. The van der Waals surface area contributed by atoms with Crippen molar-refractivity contribution in [3.05, 3.63) is 57.6 Å². The highest BCUT2D eigenvalue weighted by Gasteiger charge is 2.34. The zero-order valence-corrected chi connectivity index (χ0v) is 16.2. The predicted molar refractivity (Wildman–Crippen MR) is 103 cm³/mol. The van der Waals surface area contributed by atoms with E-state index in [0.29, 0.717) is 16.8 Å². The summed E-state index contributed by atoms with van der Waals surface area (Å²) in [4.78, 5) is 26.7. The molecule has 0 bridgehead atoms. The largest absolute Gasteiger partial charge is 0.419 e. The molecule has 1 fully saturated rings. The van der Waals surface area contributed by atoms with Gasteiger partial charge in [0.2, 0.25) is 5.91 Å².